The van der Waals surface area contributed by atoms with Crippen LogP contribution in [0.5, 0.6) is 0 Å². The first-order chi connectivity index (χ1) is 16.2. The minimum Gasteiger partial charge on any atom is -0.370 e. The SMILES string of the molecule is CCN(CCCCNc1cc(C)nc(C(F)(F)F)n1)C(=O)c1cc(F)ccc1-c1ncccn1. The second-order valence-corrected chi connectivity index (χ2v) is 7.50. The van der Waals surface area contributed by atoms with Crippen LogP contribution in [-0.4, -0.2) is 50.4 Å². The molecule has 0 aliphatic rings. The molecule has 0 unspecified atom stereocenters. The van der Waals surface area contributed by atoms with Crippen molar-refractivity contribution in [2.75, 3.05) is 25.0 Å². The van der Waals surface area contributed by atoms with Crippen LogP contribution in [-0.2, 0) is 6.18 Å². The molecular weight excluding hydrogens is 452 g/mol. The number of nitrogens with zero attached hydrogens (tertiary/aromatic N) is 5. The van der Waals surface area contributed by atoms with Gasteiger partial charge in [-0.3, -0.25) is 4.79 Å². The highest BCUT2D eigenvalue weighted by atomic mass is 19.4. The van der Waals surface area contributed by atoms with Crippen LogP contribution in [0, 0.1) is 12.7 Å². The van der Waals surface area contributed by atoms with Gasteiger partial charge in [0.25, 0.3) is 5.91 Å². The zero-order valence-electron chi connectivity index (χ0n) is 18.7. The van der Waals surface area contributed by atoms with Gasteiger partial charge < -0.3 is 10.2 Å². The predicted octanol–water partition coefficient (Wildman–Crippen LogP) is 4.75. The molecule has 2 heterocycles. The summed E-state index contributed by atoms with van der Waals surface area (Å²) in [5, 5.41) is 2.87. The molecule has 180 valence electrons. The second-order valence-electron chi connectivity index (χ2n) is 7.50. The Morgan fingerprint density at radius 2 is 1.82 bits per heavy atom. The average molecular weight is 476 g/mol. The maximum atomic E-state index is 13.9. The fourth-order valence-electron chi connectivity index (χ4n) is 3.33. The van der Waals surface area contributed by atoms with Crippen molar-refractivity contribution in [3.05, 3.63) is 65.6 Å². The van der Waals surface area contributed by atoms with Crippen LogP contribution < -0.4 is 5.32 Å². The molecule has 0 fully saturated rings. The van der Waals surface area contributed by atoms with E-state index in [2.05, 4.69) is 25.3 Å². The number of anilines is 1. The smallest absolute Gasteiger partial charge is 0.370 e. The summed E-state index contributed by atoms with van der Waals surface area (Å²) in [7, 11) is 0. The summed E-state index contributed by atoms with van der Waals surface area (Å²) in [6.07, 6.45) is -0.380. The maximum absolute atomic E-state index is 13.9. The van der Waals surface area contributed by atoms with Crippen LogP contribution in [0.4, 0.5) is 23.4 Å². The molecule has 11 heteroatoms. The third-order valence-electron chi connectivity index (χ3n) is 4.96. The van der Waals surface area contributed by atoms with E-state index in [1.807, 2.05) is 6.92 Å². The number of amides is 1. The molecule has 1 amide bonds. The van der Waals surface area contributed by atoms with E-state index < -0.39 is 17.8 Å². The number of aromatic nitrogens is 4. The molecule has 3 rings (SSSR count). The van der Waals surface area contributed by atoms with E-state index in [0.29, 0.717) is 43.9 Å². The van der Waals surface area contributed by atoms with Crippen LogP contribution in [0.1, 0.15) is 41.6 Å². The number of halogens is 4. The van der Waals surface area contributed by atoms with Crippen LogP contribution in [0.15, 0.2) is 42.7 Å². The summed E-state index contributed by atoms with van der Waals surface area (Å²) < 4.78 is 52.6. The van der Waals surface area contributed by atoms with Crippen molar-refractivity contribution in [3.8, 4) is 11.4 Å². The van der Waals surface area contributed by atoms with Gasteiger partial charge in [-0.1, -0.05) is 0 Å². The van der Waals surface area contributed by atoms with Crippen molar-refractivity contribution in [1.82, 2.24) is 24.8 Å². The first-order valence-corrected chi connectivity index (χ1v) is 10.7. The summed E-state index contributed by atoms with van der Waals surface area (Å²) in [5.74, 6) is -1.66. The van der Waals surface area contributed by atoms with Gasteiger partial charge in [-0.05, 0) is 51.0 Å². The molecule has 0 radical (unpaired) electrons. The van der Waals surface area contributed by atoms with E-state index in [1.165, 1.54) is 31.2 Å². The minimum absolute atomic E-state index is 0.0931. The van der Waals surface area contributed by atoms with E-state index in [-0.39, 0.29) is 23.0 Å². The number of alkyl halides is 3. The average Bonchev–Trinajstić information content (AvgIpc) is 2.80. The number of carbonyl (C=O) groups is 1. The molecule has 0 saturated heterocycles. The van der Waals surface area contributed by atoms with Gasteiger partial charge in [0.1, 0.15) is 11.6 Å². The van der Waals surface area contributed by atoms with Crippen LogP contribution in [0.3, 0.4) is 0 Å². The lowest BCUT2D eigenvalue weighted by Gasteiger charge is -2.22. The maximum Gasteiger partial charge on any atom is 0.451 e. The van der Waals surface area contributed by atoms with Gasteiger partial charge in [-0.25, -0.2) is 24.3 Å². The Morgan fingerprint density at radius 3 is 2.50 bits per heavy atom. The number of hydrogen-bond donors (Lipinski definition) is 1. The molecule has 2 aromatic heterocycles. The van der Waals surface area contributed by atoms with Crippen LogP contribution in [0.2, 0.25) is 0 Å². The standard InChI is InChI=1S/C23H24F4N6O/c1-3-33(12-5-4-9-28-19-13-15(2)31-22(32-19)23(25,26)27)21(34)18-14-16(24)7-8-17(18)20-29-10-6-11-30-20/h6-8,10-11,13-14H,3-5,9,12H2,1-2H3,(H,28,31,32). The molecule has 0 aliphatic carbocycles. The summed E-state index contributed by atoms with van der Waals surface area (Å²) in [6, 6.07) is 6.99. The molecule has 1 N–H and O–H groups in total. The van der Waals surface area contributed by atoms with Crippen LogP contribution in [0.25, 0.3) is 11.4 Å². The summed E-state index contributed by atoms with van der Waals surface area (Å²) in [4.78, 5) is 30.0. The zero-order valence-corrected chi connectivity index (χ0v) is 18.7. The number of aryl methyl sites for hydroxylation is 1. The highest BCUT2D eigenvalue weighted by molar-refractivity contribution is 6.00. The number of unbranched alkanes of at least 4 members (excludes halogenated alkanes) is 1. The Balaban J connectivity index is 1.60. The van der Waals surface area contributed by atoms with Crippen molar-refractivity contribution in [2.45, 2.75) is 32.9 Å². The monoisotopic (exact) mass is 476 g/mol. The van der Waals surface area contributed by atoms with Crippen LogP contribution >= 0.6 is 0 Å². The summed E-state index contributed by atoms with van der Waals surface area (Å²) in [6.45, 7) is 4.43. The molecule has 0 atom stereocenters. The van der Waals surface area contributed by atoms with Gasteiger partial charge in [-0.15, -0.1) is 0 Å². The van der Waals surface area contributed by atoms with Crippen molar-refractivity contribution >= 4 is 11.7 Å². The van der Waals surface area contributed by atoms with Crippen molar-refractivity contribution < 1.29 is 22.4 Å². The fourth-order valence-corrected chi connectivity index (χ4v) is 3.33. The second kappa shape index (κ2) is 11.0. The normalized spacial score (nSPS) is 11.4. The largest absolute Gasteiger partial charge is 0.451 e. The molecule has 7 nitrogen and oxygen atoms in total. The van der Waals surface area contributed by atoms with E-state index >= 15 is 0 Å². The Labute approximate surface area is 194 Å². The molecular formula is C23H24F4N6O. The zero-order chi connectivity index (χ0) is 24.7. The first-order valence-electron chi connectivity index (χ1n) is 10.7. The van der Waals surface area contributed by atoms with Gasteiger partial charge in [0, 0.05) is 49.4 Å². The van der Waals surface area contributed by atoms with Crippen molar-refractivity contribution in [2.24, 2.45) is 0 Å². The number of hydrogen-bond acceptors (Lipinski definition) is 6. The molecule has 0 bridgehead atoms. The first kappa shape index (κ1) is 25.0. The van der Waals surface area contributed by atoms with Crippen molar-refractivity contribution in [1.29, 1.82) is 0 Å². The Morgan fingerprint density at radius 1 is 1.09 bits per heavy atom. The number of carbonyl (C=O) groups excluding carboxylic acids is 1. The highest BCUT2D eigenvalue weighted by Gasteiger charge is 2.35. The lowest BCUT2D eigenvalue weighted by atomic mass is 10.0. The van der Waals surface area contributed by atoms with E-state index in [9.17, 15) is 22.4 Å². The number of nitrogens with one attached hydrogen (secondary N) is 1. The topological polar surface area (TPSA) is 83.9 Å². The van der Waals surface area contributed by atoms with E-state index in [1.54, 1.807) is 23.4 Å². The van der Waals surface area contributed by atoms with Gasteiger partial charge in [-0.2, -0.15) is 13.2 Å². The highest BCUT2D eigenvalue weighted by Crippen LogP contribution is 2.27. The van der Waals surface area contributed by atoms with Gasteiger partial charge in [0.05, 0.1) is 5.56 Å². The molecule has 0 aliphatic heterocycles. The van der Waals surface area contributed by atoms with Crippen molar-refractivity contribution in [3.63, 3.8) is 0 Å². The summed E-state index contributed by atoms with van der Waals surface area (Å²) >= 11 is 0. The van der Waals surface area contributed by atoms with E-state index in [0.717, 1.165) is 0 Å². The molecule has 1 aromatic carbocycles. The third kappa shape index (κ3) is 6.46. The number of benzene rings is 1. The molecule has 0 saturated carbocycles. The molecule has 34 heavy (non-hydrogen) atoms. The quantitative estimate of drug-likeness (QED) is 0.354. The number of rotatable bonds is 9. The fraction of sp³-hybridized carbons (Fsp3) is 0.348. The van der Waals surface area contributed by atoms with Gasteiger partial charge in [0.2, 0.25) is 5.82 Å². The van der Waals surface area contributed by atoms with Gasteiger partial charge >= 0.3 is 6.18 Å². The van der Waals surface area contributed by atoms with E-state index in [4.69, 9.17) is 0 Å². The molecule has 3 aromatic rings. The minimum atomic E-state index is -4.62. The Hall–Kier alpha value is -3.63. The Kier molecular flexibility index (Phi) is 8.08. The lowest BCUT2D eigenvalue weighted by Crippen LogP contribution is -2.32. The lowest BCUT2D eigenvalue weighted by molar-refractivity contribution is -0.145. The predicted molar refractivity (Wildman–Crippen MR) is 118 cm³/mol. The Bertz CT molecular complexity index is 1120. The third-order valence-corrected chi connectivity index (χ3v) is 4.96. The molecule has 0 spiro atoms. The summed E-state index contributed by atoms with van der Waals surface area (Å²) in [5.41, 5.74) is 0.815. The van der Waals surface area contributed by atoms with Gasteiger partial charge in [0.15, 0.2) is 5.82 Å².